The van der Waals surface area contributed by atoms with Crippen molar-refractivity contribution in [2.24, 2.45) is 0 Å². The lowest BCUT2D eigenvalue weighted by Gasteiger charge is -2.23. The van der Waals surface area contributed by atoms with Crippen molar-refractivity contribution in [2.75, 3.05) is 11.9 Å². The first-order valence-electron chi connectivity index (χ1n) is 10.6. The summed E-state index contributed by atoms with van der Waals surface area (Å²) in [6, 6.07) is 15.9. The Kier molecular flexibility index (Phi) is 5.80. The zero-order valence-electron chi connectivity index (χ0n) is 17.8. The van der Waals surface area contributed by atoms with E-state index in [9.17, 15) is 22.7 Å². The summed E-state index contributed by atoms with van der Waals surface area (Å²) in [5, 5.41) is 13.8. The van der Waals surface area contributed by atoms with Gasteiger partial charge in [-0.05, 0) is 67.4 Å². The molecule has 2 N–H and O–H groups in total. The molecule has 0 saturated carbocycles. The Hall–Kier alpha value is -3.34. The van der Waals surface area contributed by atoms with Crippen LogP contribution in [0, 0.1) is 5.82 Å². The van der Waals surface area contributed by atoms with Crippen LogP contribution in [-0.4, -0.2) is 41.3 Å². The molecule has 1 aromatic heterocycles. The zero-order chi connectivity index (χ0) is 23.9. The lowest BCUT2D eigenvalue weighted by atomic mass is 10.1. The number of aromatic nitrogens is 1. The Bertz CT molecular complexity index is 1450. The standard InChI is InChI=1S/C24H20FN3O4S2/c25-15-7-10-17(11-8-15)34(31,32)28-13-3-5-20(28)23(30)26-16-9-12-21(29)18(14-16)24-27-19-4-1-2-6-22(19)33-24/h1-2,4,6-12,14,20,29H,3,5,13H2,(H,26,30). The fraction of sp³-hybridized carbons (Fsp3) is 0.167. The van der Waals surface area contributed by atoms with Crippen LogP contribution in [0.2, 0.25) is 0 Å². The number of nitrogens with zero attached hydrogens (tertiary/aromatic N) is 2. The van der Waals surface area contributed by atoms with Crippen molar-refractivity contribution in [3.05, 3.63) is 72.5 Å². The SMILES string of the molecule is O=C(Nc1ccc(O)c(-c2nc3ccccc3s2)c1)C1CCCN1S(=O)(=O)c1ccc(F)cc1. The Morgan fingerprint density at radius 2 is 1.88 bits per heavy atom. The summed E-state index contributed by atoms with van der Waals surface area (Å²) in [6.45, 7) is 0.199. The van der Waals surface area contributed by atoms with Gasteiger partial charge in [0.25, 0.3) is 0 Å². The molecule has 1 amide bonds. The van der Waals surface area contributed by atoms with Gasteiger partial charge in [0.15, 0.2) is 0 Å². The van der Waals surface area contributed by atoms with Crippen LogP contribution >= 0.6 is 11.3 Å². The zero-order valence-corrected chi connectivity index (χ0v) is 19.4. The first-order chi connectivity index (χ1) is 16.3. The summed E-state index contributed by atoms with van der Waals surface area (Å²) in [6.07, 6.45) is 0.903. The minimum atomic E-state index is -3.96. The number of phenols is 1. The van der Waals surface area contributed by atoms with Gasteiger partial charge in [-0.15, -0.1) is 11.3 Å². The van der Waals surface area contributed by atoms with Gasteiger partial charge in [0.05, 0.1) is 20.7 Å². The predicted octanol–water partition coefficient (Wildman–Crippen LogP) is 4.60. The van der Waals surface area contributed by atoms with Crippen molar-refractivity contribution >= 4 is 43.2 Å². The summed E-state index contributed by atoms with van der Waals surface area (Å²) in [5.74, 6) is -0.978. The van der Waals surface area contributed by atoms with Crippen LogP contribution in [0.1, 0.15) is 12.8 Å². The third-order valence-electron chi connectivity index (χ3n) is 5.71. The summed E-state index contributed by atoms with van der Waals surface area (Å²) < 4.78 is 41.5. The highest BCUT2D eigenvalue weighted by Gasteiger charge is 2.39. The van der Waals surface area contributed by atoms with Gasteiger partial charge in [-0.25, -0.2) is 17.8 Å². The van der Waals surface area contributed by atoms with E-state index in [0.717, 1.165) is 26.7 Å². The largest absolute Gasteiger partial charge is 0.507 e. The Morgan fingerprint density at radius 1 is 1.12 bits per heavy atom. The highest BCUT2D eigenvalue weighted by Crippen LogP contribution is 2.37. The molecule has 0 aliphatic carbocycles. The smallest absolute Gasteiger partial charge is 0.243 e. The van der Waals surface area contributed by atoms with Gasteiger partial charge < -0.3 is 10.4 Å². The number of para-hydroxylation sites is 1. The molecule has 4 aromatic rings. The molecule has 7 nitrogen and oxygen atoms in total. The van der Waals surface area contributed by atoms with Crippen molar-refractivity contribution in [1.82, 2.24) is 9.29 Å². The van der Waals surface area contributed by atoms with E-state index in [0.29, 0.717) is 29.1 Å². The van der Waals surface area contributed by atoms with Crippen LogP contribution in [-0.2, 0) is 14.8 Å². The van der Waals surface area contributed by atoms with E-state index < -0.39 is 27.8 Å². The van der Waals surface area contributed by atoms with Gasteiger partial charge >= 0.3 is 0 Å². The number of benzene rings is 3. The van der Waals surface area contributed by atoms with E-state index in [1.807, 2.05) is 24.3 Å². The maximum atomic E-state index is 13.2. The summed E-state index contributed by atoms with van der Waals surface area (Å²) >= 11 is 1.42. The second kappa shape index (κ2) is 8.79. The predicted molar refractivity (Wildman–Crippen MR) is 129 cm³/mol. The molecule has 1 aliphatic rings. The average molecular weight is 498 g/mol. The molecule has 0 bridgehead atoms. The molecule has 5 rings (SSSR count). The van der Waals surface area contributed by atoms with Crippen molar-refractivity contribution in [2.45, 2.75) is 23.8 Å². The number of hydrogen-bond donors (Lipinski definition) is 2. The van der Waals surface area contributed by atoms with Crippen molar-refractivity contribution in [3.8, 4) is 16.3 Å². The van der Waals surface area contributed by atoms with Crippen LogP contribution in [0.25, 0.3) is 20.8 Å². The fourth-order valence-corrected chi connectivity index (χ4v) is 6.68. The molecule has 2 heterocycles. The number of anilines is 1. The molecule has 1 aliphatic heterocycles. The second-order valence-corrected chi connectivity index (χ2v) is 10.9. The van der Waals surface area contributed by atoms with Crippen molar-refractivity contribution in [3.63, 3.8) is 0 Å². The van der Waals surface area contributed by atoms with Crippen molar-refractivity contribution < 1.29 is 22.7 Å². The fourth-order valence-electron chi connectivity index (χ4n) is 4.03. The number of halogens is 1. The molecule has 1 fully saturated rings. The van der Waals surface area contributed by atoms with E-state index >= 15 is 0 Å². The number of fused-ring (bicyclic) bond motifs is 1. The maximum Gasteiger partial charge on any atom is 0.243 e. The van der Waals surface area contributed by atoms with Crippen LogP contribution in [0.15, 0.2) is 71.6 Å². The number of carbonyl (C=O) groups is 1. The third kappa shape index (κ3) is 4.15. The van der Waals surface area contributed by atoms with Crippen LogP contribution in [0.3, 0.4) is 0 Å². The van der Waals surface area contributed by atoms with Crippen LogP contribution < -0.4 is 5.32 Å². The van der Waals surface area contributed by atoms with Gasteiger partial charge in [-0.3, -0.25) is 4.79 Å². The van der Waals surface area contributed by atoms with Gasteiger partial charge in [0, 0.05) is 12.2 Å². The first-order valence-corrected chi connectivity index (χ1v) is 12.9. The highest BCUT2D eigenvalue weighted by atomic mass is 32.2. The molecule has 34 heavy (non-hydrogen) atoms. The maximum absolute atomic E-state index is 13.2. The Labute approximate surface area is 199 Å². The van der Waals surface area contributed by atoms with E-state index in [4.69, 9.17) is 0 Å². The van der Waals surface area contributed by atoms with Crippen LogP contribution in [0.5, 0.6) is 5.75 Å². The Morgan fingerprint density at radius 3 is 2.65 bits per heavy atom. The number of hydrogen-bond acceptors (Lipinski definition) is 6. The van der Waals surface area contributed by atoms with E-state index in [-0.39, 0.29) is 17.2 Å². The number of amides is 1. The number of aromatic hydroxyl groups is 1. The first kappa shape index (κ1) is 22.5. The van der Waals surface area contributed by atoms with E-state index in [2.05, 4.69) is 10.3 Å². The number of carbonyl (C=O) groups excluding carboxylic acids is 1. The summed E-state index contributed by atoms with van der Waals surface area (Å²) in [4.78, 5) is 17.6. The Balaban J connectivity index is 1.39. The molecule has 3 aromatic carbocycles. The van der Waals surface area contributed by atoms with Crippen molar-refractivity contribution in [1.29, 1.82) is 0 Å². The molecule has 174 valence electrons. The quantitative estimate of drug-likeness (QED) is 0.393. The van der Waals surface area contributed by atoms with Gasteiger partial charge in [0.2, 0.25) is 15.9 Å². The van der Waals surface area contributed by atoms with E-state index in [1.54, 1.807) is 12.1 Å². The van der Waals surface area contributed by atoms with Crippen LogP contribution in [0.4, 0.5) is 10.1 Å². The summed E-state index contributed by atoms with van der Waals surface area (Å²) in [7, 11) is -3.96. The number of thiazole rings is 1. The van der Waals surface area contributed by atoms with Gasteiger partial charge in [0.1, 0.15) is 22.6 Å². The molecule has 0 spiro atoms. The lowest BCUT2D eigenvalue weighted by Crippen LogP contribution is -2.43. The lowest BCUT2D eigenvalue weighted by molar-refractivity contribution is -0.119. The second-order valence-electron chi connectivity index (χ2n) is 7.94. The number of nitrogens with one attached hydrogen (secondary N) is 1. The van der Waals surface area contributed by atoms with Gasteiger partial charge in [-0.2, -0.15) is 4.31 Å². The molecular weight excluding hydrogens is 477 g/mol. The molecule has 1 atom stereocenters. The normalized spacial score (nSPS) is 16.7. The molecular formula is C24H20FN3O4S2. The monoisotopic (exact) mass is 497 g/mol. The number of sulfonamides is 1. The highest BCUT2D eigenvalue weighted by molar-refractivity contribution is 7.89. The molecule has 1 unspecified atom stereocenters. The molecule has 0 radical (unpaired) electrons. The minimum absolute atomic E-state index is 0.0263. The number of rotatable bonds is 5. The molecule has 1 saturated heterocycles. The third-order valence-corrected chi connectivity index (χ3v) is 8.71. The van der Waals surface area contributed by atoms with E-state index in [1.165, 1.54) is 29.5 Å². The minimum Gasteiger partial charge on any atom is -0.507 e. The molecule has 10 heteroatoms. The average Bonchev–Trinajstić information content (AvgIpc) is 3.48. The summed E-state index contributed by atoms with van der Waals surface area (Å²) in [5.41, 5.74) is 1.70. The number of phenolic OH excluding ortho intramolecular Hbond substituents is 1. The van der Waals surface area contributed by atoms with Gasteiger partial charge in [-0.1, -0.05) is 12.1 Å². The topological polar surface area (TPSA) is 99.6 Å².